The summed E-state index contributed by atoms with van der Waals surface area (Å²) < 4.78 is 5.34. The van der Waals surface area contributed by atoms with Gasteiger partial charge in [0.2, 0.25) is 0 Å². The summed E-state index contributed by atoms with van der Waals surface area (Å²) in [5, 5.41) is 0. The molecule has 0 aromatic carbocycles. The normalized spacial score (nSPS) is 35.1. The average molecular weight is 143 g/mol. The van der Waals surface area contributed by atoms with Gasteiger partial charge in [-0.05, 0) is 12.8 Å². The molecule has 1 rings (SSSR count). The van der Waals surface area contributed by atoms with Crippen molar-refractivity contribution in [2.45, 2.75) is 38.8 Å². The summed E-state index contributed by atoms with van der Waals surface area (Å²) in [6.07, 6.45) is 2.56. The van der Waals surface area contributed by atoms with Gasteiger partial charge in [0.15, 0.2) is 0 Å². The first-order valence-corrected chi connectivity index (χ1v) is 4.11. The Kier molecular flexibility index (Phi) is 2.69. The summed E-state index contributed by atoms with van der Waals surface area (Å²) in [6.45, 7) is 5.27. The van der Waals surface area contributed by atoms with Crippen LogP contribution in [-0.2, 0) is 4.74 Å². The fourth-order valence-corrected chi connectivity index (χ4v) is 1.19. The second-order valence-corrected chi connectivity index (χ2v) is 3.25. The van der Waals surface area contributed by atoms with Gasteiger partial charge in [0.05, 0.1) is 12.7 Å². The van der Waals surface area contributed by atoms with E-state index < -0.39 is 0 Å². The predicted molar refractivity (Wildman–Crippen MR) is 41.8 cm³/mol. The van der Waals surface area contributed by atoms with Crippen LogP contribution >= 0.6 is 0 Å². The number of hydrogen-bond donors (Lipinski definition) is 1. The molecule has 1 heterocycles. The van der Waals surface area contributed by atoms with Crippen LogP contribution in [0.4, 0.5) is 0 Å². The van der Waals surface area contributed by atoms with Gasteiger partial charge in [-0.1, -0.05) is 13.8 Å². The highest BCUT2D eigenvalue weighted by atomic mass is 16.5. The van der Waals surface area contributed by atoms with Crippen molar-refractivity contribution in [2.24, 2.45) is 11.7 Å². The Hall–Kier alpha value is -0.0800. The van der Waals surface area contributed by atoms with Gasteiger partial charge < -0.3 is 10.5 Å². The van der Waals surface area contributed by atoms with Gasteiger partial charge in [-0.2, -0.15) is 0 Å². The lowest BCUT2D eigenvalue weighted by atomic mass is 9.93. The third-order valence-electron chi connectivity index (χ3n) is 2.27. The van der Waals surface area contributed by atoms with E-state index in [-0.39, 0.29) is 0 Å². The number of ether oxygens (including phenoxy) is 1. The predicted octanol–water partition coefficient (Wildman–Crippen LogP) is 1.15. The van der Waals surface area contributed by atoms with E-state index in [4.69, 9.17) is 10.5 Å². The first-order chi connectivity index (χ1) is 4.74. The molecule has 0 radical (unpaired) electrons. The van der Waals surface area contributed by atoms with Crippen LogP contribution in [0.1, 0.15) is 26.7 Å². The fourth-order valence-electron chi connectivity index (χ4n) is 1.19. The Morgan fingerprint density at radius 3 is 2.70 bits per heavy atom. The number of hydrogen-bond acceptors (Lipinski definition) is 2. The van der Waals surface area contributed by atoms with Crippen LogP contribution in [0.15, 0.2) is 0 Å². The molecule has 10 heavy (non-hydrogen) atoms. The van der Waals surface area contributed by atoms with Crippen LogP contribution in [0.3, 0.4) is 0 Å². The number of rotatable bonds is 3. The van der Waals surface area contributed by atoms with Gasteiger partial charge in [0, 0.05) is 12.0 Å². The number of nitrogens with two attached hydrogens (primary N) is 1. The van der Waals surface area contributed by atoms with Crippen molar-refractivity contribution < 1.29 is 4.74 Å². The summed E-state index contributed by atoms with van der Waals surface area (Å²) in [5.74, 6) is 0.734. The van der Waals surface area contributed by atoms with Crippen LogP contribution in [-0.4, -0.2) is 18.8 Å². The Morgan fingerprint density at radius 2 is 2.40 bits per heavy atom. The zero-order valence-electron chi connectivity index (χ0n) is 6.84. The molecule has 2 heteroatoms. The lowest BCUT2D eigenvalue weighted by Gasteiger charge is -2.35. The van der Waals surface area contributed by atoms with Crippen molar-refractivity contribution in [3.8, 4) is 0 Å². The van der Waals surface area contributed by atoms with E-state index >= 15 is 0 Å². The SMILES string of the molecule is CCC(N)CC1OCC1C. The van der Waals surface area contributed by atoms with Crippen LogP contribution < -0.4 is 5.73 Å². The molecule has 1 aliphatic rings. The maximum Gasteiger partial charge on any atom is 0.0637 e. The minimum absolute atomic E-state index is 0.341. The summed E-state index contributed by atoms with van der Waals surface area (Å²) in [7, 11) is 0. The molecule has 3 atom stereocenters. The van der Waals surface area contributed by atoms with Crippen molar-refractivity contribution in [2.75, 3.05) is 6.61 Å². The van der Waals surface area contributed by atoms with Crippen LogP contribution in [0.25, 0.3) is 0 Å². The van der Waals surface area contributed by atoms with Gasteiger partial charge in [-0.3, -0.25) is 0 Å². The second-order valence-electron chi connectivity index (χ2n) is 3.25. The van der Waals surface area contributed by atoms with Crippen molar-refractivity contribution in [3.63, 3.8) is 0 Å². The molecule has 0 aliphatic carbocycles. The molecular formula is C8H17NO. The van der Waals surface area contributed by atoms with E-state index in [1.165, 1.54) is 0 Å². The summed E-state index contributed by atoms with van der Waals surface area (Å²) in [4.78, 5) is 0. The highest BCUT2D eigenvalue weighted by molar-refractivity contribution is 4.78. The first kappa shape index (κ1) is 8.02. The molecule has 0 saturated carbocycles. The molecule has 0 aromatic heterocycles. The molecule has 1 fully saturated rings. The lowest BCUT2D eigenvalue weighted by Crippen LogP contribution is -2.41. The van der Waals surface area contributed by atoms with Crippen molar-refractivity contribution in [3.05, 3.63) is 0 Å². The van der Waals surface area contributed by atoms with Crippen LogP contribution in [0.2, 0.25) is 0 Å². The fraction of sp³-hybridized carbons (Fsp3) is 1.00. The Balaban J connectivity index is 2.12. The first-order valence-electron chi connectivity index (χ1n) is 4.11. The molecule has 0 amide bonds. The summed E-state index contributed by atoms with van der Waals surface area (Å²) in [6, 6.07) is 0.341. The molecule has 0 spiro atoms. The standard InChI is InChI=1S/C8H17NO/c1-3-7(9)4-8-6(2)5-10-8/h6-8H,3-5,9H2,1-2H3. The van der Waals surface area contributed by atoms with E-state index in [1.54, 1.807) is 0 Å². The average Bonchev–Trinajstić information content (AvgIpc) is 1.96. The van der Waals surface area contributed by atoms with Gasteiger partial charge in [-0.15, -0.1) is 0 Å². The molecule has 3 unspecified atom stereocenters. The molecule has 60 valence electrons. The molecular weight excluding hydrogens is 126 g/mol. The van der Waals surface area contributed by atoms with E-state index in [2.05, 4.69) is 13.8 Å². The molecule has 0 aromatic rings. The minimum Gasteiger partial charge on any atom is -0.377 e. The maximum absolute atomic E-state index is 5.77. The van der Waals surface area contributed by atoms with Gasteiger partial charge in [0.1, 0.15) is 0 Å². The van der Waals surface area contributed by atoms with E-state index in [0.29, 0.717) is 12.1 Å². The monoisotopic (exact) mass is 143 g/mol. The van der Waals surface area contributed by atoms with Gasteiger partial charge >= 0.3 is 0 Å². The topological polar surface area (TPSA) is 35.2 Å². The van der Waals surface area contributed by atoms with Gasteiger partial charge in [-0.25, -0.2) is 0 Å². The highest BCUT2D eigenvalue weighted by Gasteiger charge is 2.28. The largest absolute Gasteiger partial charge is 0.377 e. The summed E-state index contributed by atoms with van der Waals surface area (Å²) >= 11 is 0. The molecule has 2 N–H and O–H groups in total. The second kappa shape index (κ2) is 3.35. The van der Waals surface area contributed by atoms with Crippen LogP contribution in [0, 0.1) is 5.92 Å². The Bertz CT molecular complexity index is 105. The lowest BCUT2D eigenvalue weighted by molar-refractivity contribution is -0.112. The minimum atomic E-state index is 0.341. The third kappa shape index (κ3) is 1.70. The van der Waals surface area contributed by atoms with Crippen molar-refractivity contribution in [1.29, 1.82) is 0 Å². The zero-order chi connectivity index (χ0) is 7.56. The molecule has 0 bridgehead atoms. The van der Waals surface area contributed by atoms with Crippen molar-refractivity contribution in [1.82, 2.24) is 0 Å². The Labute approximate surface area is 62.7 Å². The van der Waals surface area contributed by atoms with E-state index in [9.17, 15) is 0 Å². The summed E-state index contributed by atoms with van der Waals surface area (Å²) in [5.41, 5.74) is 5.77. The smallest absolute Gasteiger partial charge is 0.0637 e. The van der Waals surface area contributed by atoms with Crippen LogP contribution in [0.5, 0.6) is 0 Å². The maximum atomic E-state index is 5.77. The molecule has 1 aliphatic heterocycles. The van der Waals surface area contributed by atoms with E-state index in [1.807, 2.05) is 0 Å². The highest BCUT2D eigenvalue weighted by Crippen LogP contribution is 2.23. The van der Waals surface area contributed by atoms with Gasteiger partial charge in [0.25, 0.3) is 0 Å². The zero-order valence-corrected chi connectivity index (χ0v) is 6.84. The third-order valence-corrected chi connectivity index (χ3v) is 2.27. The molecule has 2 nitrogen and oxygen atoms in total. The Morgan fingerprint density at radius 1 is 1.70 bits per heavy atom. The van der Waals surface area contributed by atoms with Crippen molar-refractivity contribution >= 4 is 0 Å². The van der Waals surface area contributed by atoms with E-state index in [0.717, 1.165) is 25.4 Å². The quantitative estimate of drug-likeness (QED) is 0.643. The molecule has 1 saturated heterocycles.